The highest BCUT2D eigenvalue weighted by molar-refractivity contribution is 5.85. The van der Waals surface area contributed by atoms with Gasteiger partial charge in [-0.05, 0) is 42.5 Å². The molecule has 1 aromatic heterocycles. The molecule has 0 unspecified atom stereocenters. The predicted molar refractivity (Wildman–Crippen MR) is 105 cm³/mol. The van der Waals surface area contributed by atoms with E-state index < -0.39 is 6.10 Å². The molecule has 2 heterocycles. The van der Waals surface area contributed by atoms with Crippen molar-refractivity contribution in [1.82, 2.24) is 9.88 Å². The van der Waals surface area contributed by atoms with E-state index in [9.17, 15) is 9.50 Å². The van der Waals surface area contributed by atoms with Crippen molar-refractivity contribution >= 4 is 16.6 Å². The van der Waals surface area contributed by atoms with Crippen molar-refractivity contribution in [2.24, 2.45) is 0 Å². The molecule has 0 aliphatic carbocycles. The van der Waals surface area contributed by atoms with Crippen LogP contribution in [-0.4, -0.2) is 54.8 Å². The van der Waals surface area contributed by atoms with E-state index in [1.54, 1.807) is 7.11 Å². The normalized spacial score (nSPS) is 16.6. The molecule has 27 heavy (non-hydrogen) atoms. The Hall–Kier alpha value is -2.57. The van der Waals surface area contributed by atoms with Crippen molar-refractivity contribution in [2.45, 2.75) is 6.10 Å². The fraction of sp³-hybridized carbons (Fsp3) is 0.333. The van der Waals surface area contributed by atoms with E-state index in [1.807, 2.05) is 36.5 Å². The first-order valence-electron chi connectivity index (χ1n) is 9.20. The van der Waals surface area contributed by atoms with Crippen molar-refractivity contribution < 1.29 is 14.2 Å². The second kappa shape index (κ2) is 7.58. The molecule has 1 aliphatic heterocycles. The number of β-amino-alcohol motifs (C(OH)–C–C–N with tert-alkyl or cyclic N) is 1. The minimum Gasteiger partial charge on any atom is -0.497 e. The van der Waals surface area contributed by atoms with Gasteiger partial charge in [0.1, 0.15) is 11.6 Å². The fourth-order valence-electron chi connectivity index (χ4n) is 3.71. The first-order chi connectivity index (χ1) is 13.1. The highest BCUT2D eigenvalue weighted by atomic mass is 19.1. The zero-order valence-corrected chi connectivity index (χ0v) is 15.4. The van der Waals surface area contributed by atoms with Gasteiger partial charge in [-0.1, -0.05) is 0 Å². The van der Waals surface area contributed by atoms with E-state index in [2.05, 4.69) is 14.8 Å². The maximum atomic E-state index is 13.1. The Balaban J connectivity index is 1.39. The van der Waals surface area contributed by atoms with Crippen LogP contribution in [0.1, 0.15) is 11.7 Å². The summed E-state index contributed by atoms with van der Waals surface area (Å²) in [6.45, 7) is 4.03. The number of H-pyrrole nitrogens is 1. The van der Waals surface area contributed by atoms with Gasteiger partial charge >= 0.3 is 0 Å². The maximum Gasteiger partial charge on any atom is 0.123 e. The van der Waals surface area contributed by atoms with Gasteiger partial charge < -0.3 is 19.7 Å². The molecule has 2 N–H and O–H groups in total. The number of aliphatic hydroxyl groups excluding tert-OH is 1. The number of rotatable bonds is 5. The first kappa shape index (κ1) is 17.8. The number of halogens is 1. The number of nitrogens with zero attached hydrogens (tertiary/aromatic N) is 2. The summed E-state index contributed by atoms with van der Waals surface area (Å²) in [5.41, 5.74) is 2.93. The quantitative estimate of drug-likeness (QED) is 0.725. The Morgan fingerprint density at radius 1 is 1.11 bits per heavy atom. The van der Waals surface area contributed by atoms with Gasteiger partial charge in [0, 0.05) is 61.1 Å². The van der Waals surface area contributed by atoms with Gasteiger partial charge in [-0.3, -0.25) is 4.90 Å². The van der Waals surface area contributed by atoms with Crippen LogP contribution in [0.2, 0.25) is 0 Å². The van der Waals surface area contributed by atoms with Crippen LogP contribution >= 0.6 is 0 Å². The van der Waals surface area contributed by atoms with Gasteiger partial charge in [-0.15, -0.1) is 0 Å². The Morgan fingerprint density at radius 2 is 1.85 bits per heavy atom. The van der Waals surface area contributed by atoms with Gasteiger partial charge in [0.15, 0.2) is 0 Å². The van der Waals surface area contributed by atoms with Crippen LogP contribution in [0.4, 0.5) is 10.1 Å². The van der Waals surface area contributed by atoms with Crippen LogP contribution in [-0.2, 0) is 0 Å². The molecule has 0 amide bonds. The maximum absolute atomic E-state index is 13.1. The number of anilines is 1. The lowest BCUT2D eigenvalue weighted by molar-refractivity contribution is 0.110. The average molecular weight is 369 g/mol. The predicted octanol–water partition coefficient (Wildman–Crippen LogP) is 3.17. The number of hydrogen-bond acceptors (Lipinski definition) is 4. The lowest BCUT2D eigenvalue weighted by atomic mass is 10.1. The summed E-state index contributed by atoms with van der Waals surface area (Å²) in [6.07, 6.45) is 1.31. The van der Waals surface area contributed by atoms with Crippen LogP contribution in [0, 0.1) is 5.82 Å². The molecular weight excluding hydrogens is 345 g/mol. The molecule has 1 atom stereocenters. The molecule has 0 spiro atoms. The summed E-state index contributed by atoms with van der Waals surface area (Å²) >= 11 is 0. The second-order valence-corrected chi connectivity index (χ2v) is 6.94. The standard InChI is InChI=1S/C21H24FN3O2/c1-27-17-6-7-20-18(12-17)19(13-23-20)21(26)14-24-8-10-25(11-9-24)16-4-2-15(22)3-5-16/h2-7,12-13,21,23,26H,8-11,14H2,1H3/t21-/m0/s1. The monoisotopic (exact) mass is 369 g/mol. The van der Waals surface area contributed by atoms with Crippen LogP contribution in [0.5, 0.6) is 5.75 Å². The average Bonchev–Trinajstić information content (AvgIpc) is 3.12. The zero-order valence-electron chi connectivity index (χ0n) is 15.4. The minimum absolute atomic E-state index is 0.212. The van der Waals surface area contributed by atoms with E-state index in [0.717, 1.165) is 54.1 Å². The number of benzene rings is 2. The number of methoxy groups -OCH3 is 1. The number of hydrogen-bond donors (Lipinski definition) is 2. The summed E-state index contributed by atoms with van der Waals surface area (Å²) in [5, 5.41) is 11.8. The van der Waals surface area contributed by atoms with Gasteiger partial charge in [-0.25, -0.2) is 4.39 Å². The number of nitrogens with one attached hydrogen (secondary N) is 1. The first-order valence-corrected chi connectivity index (χ1v) is 9.20. The van der Waals surface area contributed by atoms with E-state index in [1.165, 1.54) is 12.1 Å². The number of aromatic nitrogens is 1. The molecule has 1 saturated heterocycles. The minimum atomic E-state index is -0.566. The van der Waals surface area contributed by atoms with Crippen molar-refractivity contribution in [1.29, 1.82) is 0 Å². The number of aromatic amines is 1. The van der Waals surface area contributed by atoms with Crippen LogP contribution in [0.15, 0.2) is 48.7 Å². The molecule has 1 aliphatic rings. The third-order valence-electron chi connectivity index (χ3n) is 5.28. The summed E-state index contributed by atoms with van der Waals surface area (Å²) in [7, 11) is 1.64. The van der Waals surface area contributed by atoms with E-state index in [4.69, 9.17) is 4.74 Å². The number of ether oxygens (including phenoxy) is 1. The summed E-state index contributed by atoms with van der Waals surface area (Å²) in [4.78, 5) is 7.73. The topological polar surface area (TPSA) is 51.7 Å². The van der Waals surface area contributed by atoms with Crippen LogP contribution < -0.4 is 9.64 Å². The molecule has 2 aromatic carbocycles. The Bertz CT molecular complexity index is 901. The molecule has 5 nitrogen and oxygen atoms in total. The van der Waals surface area contributed by atoms with E-state index in [0.29, 0.717) is 6.54 Å². The van der Waals surface area contributed by atoms with Crippen LogP contribution in [0.3, 0.4) is 0 Å². The summed E-state index contributed by atoms with van der Waals surface area (Å²) < 4.78 is 18.4. The third-order valence-corrected chi connectivity index (χ3v) is 5.28. The highest BCUT2D eigenvalue weighted by Gasteiger charge is 2.22. The van der Waals surface area contributed by atoms with Crippen molar-refractivity contribution in [2.75, 3.05) is 44.7 Å². The molecule has 1 fully saturated rings. The molecule has 0 saturated carbocycles. The molecule has 3 aromatic rings. The number of piperazine rings is 1. The lowest BCUT2D eigenvalue weighted by Crippen LogP contribution is -2.47. The zero-order chi connectivity index (χ0) is 18.8. The smallest absolute Gasteiger partial charge is 0.123 e. The van der Waals surface area contributed by atoms with Crippen molar-refractivity contribution in [3.05, 3.63) is 60.0 Å². The summed E-state index contributed by atoms with van der Waals surface area (Å²) in [5.74, 6) is 0.569. The SMILES string of the molecule is COc1ccc2[nH]cc([C@@H](O)CN3CCN(c4ccc(F)cc4)CC3)c2c1. The van der Waals surface area contributed by atoms with Gasteiger partial charge in [0.05, 0.1) is 13.2 Å². The number of fused-ring (bicyclic) bond motifs is 1. The molecule has 4 rings (SSSR count). The Morgan fingerprint density at radius 3 is 2.56 bits per heavy atom. The molecule has 0 radical (unpaired) electrons. The lowest BCUT2D eigenvalue weighted by Gasteiger charge is -2.36. The van der Waals surface area contributed by atoms with Gasteiger partial charge in [0.2, 0.25) is 0 Å². The van der Waals surface area contributed by atoms with Gasteiger partial charge in [-0.2, -0.15) is 0 Å². The number of aliphatic hydroxyl groups is 1. The highest BCUT2D eigenvalue weighted by Crippen LogP contribution is 2.28. The largest absolute Gasteiger partial charge is 0.497 e. The van der Waals surface area contributed by atoms with E-state index >= 15 is 0 Å². The molecule has 6 heteroatoms. The Labute approximate surface area is 158 Å². The molecule has 0 bridgehead atoms. The third kappa shape index (κ3) is 3.77. The van der Waals surface area contributed by atoms with Crippen molar-refractivity contribution in [3.8, 4) is 5.75 Å². The second-order valence-electron chi connectivity index (χ2n) is 6.94. The van der Waals surface area contributed by atoms with Gasteiger partial charge in [0.25, 0.3) is 0 Å². The molecule has 142 valence electrons. The molecular formula is C21H24FN3O2. The van der Waals surface area contributed by atoms with E-state index in [-0.39, 0.29) is 5.82 Å². The van der Waals surface area contributed by atoms with Crippen molar-refractivity contribution in [3.63, 3.8) is 0 Å². The van der Waals surface area contributed by atoms with Crippen LogP contribution in [0.25, 0.3) is 10.9 Å². The Kier molecular flexibility index (Phi) is 5.01. The fourth-order valence-corrected chi connectivity index (χ4v) is 3.71. The summed E-state index contributed by atoms with van der Waals surface area (Å²) in [6, 6.07) is 12.5.